The molecule has 0 spiro atoms. The number of amides is 5. The van der Waals surface area contributed by atoms with E-state index in [9.17, 15) is 19.2 Å². The first-order chi connectivity index (χ1) is 14.5. The number of nitrogens with zero attached hydrogens (tertiary/aromatic N) is 3. The minimum atomic E-state index is -0.940. The molecule has 0 unspecified atom stereocenters. The molecule has 0 radical (unpaired) electrons. The second-order valence-electron chi connectivity index (χ2n) is 7.17. The van der Waals surface area contributed by atoms with Gasteiger partial charge in [0.05, 0.1) is 0 Å². The molecule has 0 N–H and O–H groups in total. The minimum Gasteiger partial charge on any atom is -0.336 e. The molecule has 0 aliphatic carbocycles. The summed E-state index contributed by atoms with van der Waals surface area (Å²) >= 11 is 0. The zero-order valence-electron chi connectivity index (χ0n) is 17.0. The molecule has 0 aromatic heterocycles. The first-order valence-electron chi connectivity index (χ1n) is 10.0. The van der Waals surface area contributed by atoms with Crippen LogP contribution in [0.3, 0.4) is 0 Å². The predicted molar refractivity (Wildman–Crippen MR) is 111 cm³/mol. The summed E-state index contributed by atoms with van der Waals surface area (Å²) in [6, 6.07) is 18.6. The fraction of sp³-hybridized carbons (Fsp3) is 0.304. The van der Waals surface area contributed by atoms with Gasteiger partial charge in [-0.15, -0.1) is 0 Å². The van der Waals surface area contributed by atoms with Crippen molar-refractivity contribution in [1.82, 2.24) is 14.7 Å². The molecule has 2 aromatic rings. The molecule has 30 heavy (non-hydrogen) atoms. The van der Waals surface area contributed by atoms with E-state index in [0.29, 0.717) is 25.9 Å². The van der Waals surface area contributed by atoms with Gasteiger partial charge in [0.25, 0.3) is 0 Å². The first-order valence-corrected chi connectivity index (χ1v) is 10.0. The number of imide groups is 2. The van der Waals surface area contributed by atoms with Crippen LogP contribution in [0.15, 0.2) is 60.7 Å². The number of rotatable bonds is 9. The third-order valence-corrected chi connectivity index (χ3v) is 4.96. The highest BCUT2D eigenvalue weighted by Gasteiger charge is 2.45. The van der Waals surface area contributed by atoms with Crippen LogP contribution in [0.1, 0.15) is 24.5 Å². The number of hydrogen-bond donors (Lipinski definition) is 0. The Morgan fingerprint density at radius 2 is 1.40 bits per heavy atom. The molecular weight excluding hydrogens is 382 g/mol. The monoisotopic (exact) mass is 407 g/mol. The standard InChI is InChI=1S/C23H25N3O4/c1-2-14-25-21(28)22(29)26(23(25)30)17-20(27)24(16-19-11-7-4-8-12-19)15-13-18-9-5-3-6-10-18/h3-12H,2,13-17H2,1H3. The molecule has 5 amide bonds. The molecule has 1 saturated heterocycles. The van der Waals surface area contributed by atoms with Gasteiger partial charge in [-0.1, -0.05) is 67.6 Å². The van der Waals surface area contributed by atoms with Crippen molar-refractivity contribution >= 4 is 23.8 Å². The minimum absolute atomic E-state index is 0.163. The van der Waals surface area contributed by atoms with Crippen molar-refractivity contribution < 1.29 is 19.2 Å². The van der Waals surface area contributed by atoms with Crippen molar-refractivity contribution in [2.24, 2.45) is 0 Å². The maximum atomic E-state index is 13.0. The van der Waals surface area contributed by atoms with Crippen molar-refractivity contribution in [3.05, 3.63) is 71.8 Å². The van der Waals surface area contributed by atoms with E-state index in [1.54, 1.807) is 4.90 Å². The molecule has 3 rings (SSSR count). The lowest BCUT2D eigenvalue weighted by atomic mass is 10.1. The zero-order valence-corrected chi connectivity index (χ0v) is 17.0. The van der Waals surface area contributed by atoms with Crippen molar-refractivity contribution in [2.75, 3.05) is 19.6 Å². The van der Waals surface area contributed by atoms with Crippen LogP contribution in [0.25, 0.3) is 0 Å². The van der Waals surface area contributed by atoms with E-state index in [2.05, 4.69) is 0 Å². The van der Waals surface area contributed by atoms with Crippen LogP contribution in [-0.2, 0) is 27.3 Å². The maximum Gasteiger partial charge on any atom is 0.334 e. The summed E-state index contributed by atoms with van der Waals surface area (Å²) in [5, 5.41) is 0. The van der Waals surface area contributed by atoms with E-state index in [1.807, 2.05) is 67.6 Å². The summed E-state index contributed by atoms with van der Waals surface area (Å²) in [5.41, 5.74) is 2.03. The van der Waals surface area contributed by atoms with Gasteiger partial charge in [0.2, 0.25) is 5.91 Å². The molecule has 1 fully saturated rings. The molecule has 156 valence electrons. The number of urea groups is 1. The lowest BCUT2D eigenvalue weighted by molar-refractivity contribution is -0.145. The van der Waals surface area contributed by atoms with Crippen molar-refractivity contribution in [3.63, 3.8) is 0 Å². The number of carbonyl (C=O) groups is 4. The Morgan fingerprint density at radius 1 is 0.833 bits per heavy atom. The van der Waals surface area contributed by atoms with Crippen LogP contribution in [0.5, 0.6) is 0 Å². The second kappa shape index (κ2) is 9.82. The summed E-state index contributed by atoms with van der Waals surface area (Å²) in [6.07, 6.45) is 1.19. The van der Waals surface area contributed by atoms with Gasteiger partial charge >= 0.3 is 17.8 Å². The zero-order chi connectivity index (χ0) is 21.5. The van der Waals surface area contributed by atoms with E-state index >= 15 is 0 Å². The Labute approximate surface area is 175 Å². The SMILES string of the molecule is CCCN1C(=O)C(=O)N(CC(=O)N(CCc2ccccc2)Cc2ccccc2)C1=O. The largest absolute Gasteiger partial charge is 0.336 e. The molecule has 0 atom stereocenters. The van der Waals surface area contributed by atoms with Gasteiger partial charge in [0.15, 0.2) is 0 Å². The molecule has 0 saturated carbocycles. The van der Waals surface area contributed by atoms with Gasteiger partial charge in [-0.3, -0.25) is 19.3 Å². The van der Waals surface area contributed by atoms with E-state index in [1.165, 1.54) is 0 Å². The summed E-state index contributed by atoms with van der Waals surface area (Å²) in [4.78, 5) is 53.1. The Morgan fingerprint density at radius 3 is 2.00 bits per heavy atom. The van der Waals surface area contributed by atoms with Gasteiger partial charge in [0, 0.05) is 19.6 Å². The number of benzene rings is 2. The highest BCUT2D eigenvalue weighted by Crippen LogP contribution is 2.14. The first kappa shape index (κ1) is 21.2. The van der Waals surface area contributed by atoms with Crippen molar-refractivity contribution in [3.8, 4) is 0 Å². The highest BCUT2D eigenvalue weighted by molar-refractivity contribution is 6.45. The smallest absolute Gasteiger partial charge is 0.334 e. The summed E-state index contributed by atoms with van der Waals surface area (Å²) in [5.74, 6) is -2.18. The Hall–Kier alpha value is -3.48. The Kier molecular flexibility index (Phi) is 6.95. The van der Waals surface area contributed by atoms with Gasteiger partial charge in [-0.2, -0.15) is 0 Å². The Balaban J connectivity index is 1.73. The Bertz CT molecular complexity index is 915. The van der Waals surface area contributed by atoms with Crippen LogP contribution in [0.4, 0.5) is 4.79 Å². The molecule has 1 aliphatic rings. The van der Waals surface area contributed by atoms with Crippen LogP contribution in [0.2, 0.25) is 0 Å². The molecule has 2 aromatic carbocycles. The molecule has 0 bridgehead atoms. The van der Waals surface area contributed by atoms with E-state index in [0.717, 1.165) is 20.9 Å². The summed E-state index contributed by atoms with van der Waals surface area (Å²) < 4.78 is 0. The lowest BCUT2D eigenvalue weighted by Crippen LogP contribution is -2.44. The van der Waals surface area contributed by atoms with E-state index in [4.69, 9.17) is 0 Å². The third-order valence-electron chi connectivity index (χ3n) is 4.96. The van der Waals surface area contributed by atoms with Crippen LogP contribution in [0, 0.1) is 0 Å². The van der Waals surface area contributed by atoms with Crippen molar-refractivity contribution in [2.45, 2.75) is 26.3 Å². The van der Waals surface area contributed by atoms with Gasteiger partial charge in [-0.05, 0) is 24.0 Å². The van der Waals surface area contributed by atoms with E-state index in [-0.39, 0.29) is 12.5 Å². The average Bonchev–Trinajstić information content (AvgIpc) is 2.96. The lowest BCUT2D eigenvalue weighted by Gasteiger charge is -2.25. The molecule has 7 heteroatoms. The molecule has 1 heterocycles. The summed E-state index contributed by atoms with van der Waals surface area (Å²) in [6.45, 7) is 2.32. The average molecular weight is 407 g/mol. The molecule has 1 aliphatic heterocycles. The van der Waals surface area contributed by atoms with Crippen LogP contribution < -0.4 is 0 Å². The predicted octanol–water partition coefficient (Wildman–Crippen LogP) is 2.46. The third kappa shape index (κ3) is 4.92. The van der Waals surface area contributed by atoms with Crippen LogP contribution in [-0.4, -0.2) is 58.1 Å². The number of carbonyl (C=O) groups excluding carboxylic acids is 4. The normalized spacial score (nSPS) is 13.8. The van der Waals surface area contributed by atoms with Gasteiger partial charge in [0.1, 0.15) is 6.54 Å². The number of hydrogen-bond acceptors (Lipinski definition) is 4. The maximum absolute atomic E-state index is 13.0. The van der Waals surface area contributed by atoms with Crippen LogP contribution >= 0.6 is 0 Å². The topological polar surface area (TPSA) is 78.0 Å². The quantitative estimate of drug-likeness (QED) is 0.473. The molecular formula is C23H25N3O4. The second-order valence-corrected chi connectivity index (χ2v) is 7.17. The van der Waals surface area contributed by atoms with Gasteiger partial charge < -0.3 is 4.90 Å². The van der Waals surface area contributed by atoms with Gasteiger partial charge in [-0.25, -0.2) is 9.69 Å². The van der Waals surface area contributed by atoms with E-state index < -0.39 is 24.4 Å². The molecule has 7 nitrogen and oxygen atoms in total. The highest BCUT2D eigenvalue weighted by atomic mass is 16.2. The van der Waals surface area contributed by atoms with Crippen molar-refractivity contribution in [1.29, 1.82) is 0 Å². The fourth-order valence-corrected chi connectivity index (χ4v) is 3.35. The summed E-state index contributed by atoms with van der Waals surface area (Å²) in [7, 11) is 0. The fourth-order valence-electron chi connectivity index (χ4n) is 3.35.